The van der Waals surface area contributed by atoms with Crippen LogP contribution in [-0.2, 0) is 0 Å². The zero-order valence-electron chi connectivity index (χ0n) is 9.04. The fourth-order valence-corrected chi connectivity index (χ4v) is 1.51. The van der Waals surface area contributed by atoms with Crippen LogP contribution in [-0.4, -0.2) is 6.21 Å². The highest BCUT2D eigenvalue weighted by molar-refractivity contribution is 5.66. The Balaban J connectivity index is 2.70. The first-order valence-corrected chi connectivity index (χ1v) is 4.86. The van der Waals surface area contributed by atoms with E-state index in [-0.39, 0.29) is 0 Å². The van der Waals surface area contributed by atoms with Gasteiger partial charge in [-0.05, 0) is 24.8 Å². The molecule has 0 aromatic carbocycles. The molecule has 1 aliphatic heterocycles. The Hall–Kier alpha value is -0.850. The molecular formula is C12H19N. The molecular weight excluding hydrogens is 158 g/mol. The van der Waals surface area contributed by atoms with Crippen molar-refractivity contribution in [2.45, 2.75) is 34.1 Å². The van der Waals surface area contributed by atoms with Crippen LogP contribution in [0.3, 0.4) is 0 Å². The predicted molar refractivity (Wildman–Crippen MR) is 59.0 cm³/mol. The molecule has 0 aliphatic carbocycles. The van der Waals surface area contributed by atoms with Gasteiger partial charge in [0.25, 0.3) is 0 Å². The summed E-state index contributed by atoms with van der Waals surface area (Å²) in [6, 6.07) is 0. The second kappa shape index (κ2) is 3.91. The van der Waals surface area contributed by atoms with Crippen LogP contribution < -0.4 is 0 Å². The summed E-state index contributed by atoms with van der Waals surface area (Å²) in [5.41, 5.74) is 1.78. The minimum Gasteiger partial charge on any atom is -0.268 e. The topological polar surface area (TPSA) is 12.4 Å². The van der Waals surface area contributed by atoms with Crippen LogP contribution in [0.25, 0.3) is 0 Å². The molecule has 0 saturated carbocycles. The first kappa shape index (κ1) is 10.2. The lowest BCUT2D eigenvalue weighted by molar-refractivity contribution is 0.355. The average molecular weight is 177 g/mol. The van der Waals surface area contributed by atoms with Gasteiger partial charge in [0.1, 0.15) is 0 Å². The lowest BCUT2D eigenvalue weighted by atomic mass is 9.82. The summed E-state index contributed by atoms with van der Waals surface area (Å²) in [6.45, 7) is 8.99. The summed E-state index contributed by atoms with van der Waals surface area (Å²) in [6.07, 6.45) is 9.24. The Kier molecular flexibility index (Phi) is 3.07. The molecule has 1 aliphatic rings. The van der Waals surface area contributed by atoms with Crippen molar-refractivity contribution in [3.05, 3.63) is 23.9 Å². The molecule has 1 heteroatoms. The fraction of sp³-hybridized carbons (Fsp3) is 0.583. The first-order chi connectivity index (χ1) is 5.99. The molecule has 1 nitrogen and oxygen atoms in total. The molecule has 0 N–H and O–H groups in total. The van der Waals surface area contributed by atoms with Crippen LogP contribution in [0.4, 0.5) is 0 Å². The molecule has 72 valence electrons. The van der Waals surface area contributed by atoms with Crippen molar-refractivity contribution < 1.29 is 0 Å². The second-order valence-electron chi connectivity index (χ2n) is 4.92. The molecule has 1 rings (SSSR count). The third-order valence-corrected chi connectivity index (χ3v) is 2.21. The molecule has 13 heavy (non-hydrogen) atoms. The molecule has 0 bridgehead atoms. The summed E-state index contributed by atoms with van der Waals surface area (Å²) in [5.74, 6) is 0.509. The molecule has 0 saturated heterocycles. The van der Waals surface area contributed by atoms with Gasteiger partial charge in [0, 0.05) is 18.3 Å². The van der Waals surface area contributed by atoms with E-state index in [0.29, 0.717) is 11.3 Å². The van der Waals surface area contributed by atoms with Crippen molar-refractivity contribution in [1.82, 2.24) is 0 Å². The van der Waals surface area contributed by atoms with Gasteiger partial charge in [-0.1, -0.05) is 32.4 Å². The number of rotatable bonds is 1. The lowest BCUT2D eigenvalue weighted by Crippen LogP contribution is -2.15. The number of nitrogens with zero attached hydrogens (tertiary/aromatic N) is 1. The van der Waals surface area contributed by atoms with E-state index in [0.717, 1.165) is 0 Å². The number of hydrogen-bond acceptors (Lipinski definition) is 1. The zero-order valence-corrected chi connectivity index (χ0v) is 9.04. The van der Waals surface area contributed by atoms with E-state index in [9.17, 15) is 0 Å². The Labute approximate surface area is 81.3 Å². The lowest BCUT2D eigenvalue weighted by Gasteiger charge is -2.23. The third kappa shape index (κ3) is 3.58. The summed E-state index contributed by atoms with van der Waals surface area (Å²) in [5, 5.41) is 0. The van der Waals surface area contributed by atoms with Gasteiger partial charge >= 0.3 is 0 Å². The molecule has 0 spiro atoms. The number of hydrogen-bond donors (Lipinski definition) is 0. The Bertz CT molecular complexity index is 251. The second-order valence-corrected chi connectivity index (χ2v) is 4.92. The average Bonchev–Trinajstić information content (AvgIpc) is 2.14. The van der Waals surface area contributed by atoms with E-state index in [1.807, 2.05) is 12.3 Å². The maximum Gasteiger partial charge on any atom is 0.0264 e. The van der Waals surface area contributed by atoms with Crippen molar-refractivity contribution >= 4 is 6.21 Å². The summed E-state index contributed by atoms with van der Waals surface area (Å²) < 4.78 is 0. The van der Waals surface area contributed by atoms with Crippen LogP contribution in [0.1, 0.15) is 34.1 Å². The van der Waals surface area contributed by atoms with E-state index in [1.54, 1.807) is 0 Å². The molecule has 0 amide bonds. The number of allylic oxidation sites excluding steroid dienone is 3. The quantitative estimate of drug-likeness (QED) is 0.580. The minimum absolute atomic E-state index is 0.371. The Morgan fingerprint density at radius 1 is 1.38 bits per heavy atom. The molecule has 1 heterocycles. The van der Waals surface area contributed by atoms with Crippen LogP contribution in [0, 0.1) is 11.3 Å². The van der Waals surface area contributed by atoms with Gasteiger partial charge in [-0.2, -0.15) is 0 Å². The van der Waals surface area contributed by atoms with Gasteiger partial charge in [-0.15, -0.1) is 0 Å². The Morgan fingerprint density at radius 2 is 2.08 bits per heavy atom. The summed E-state index contributed by atoms with van der Waals surface area (Å²) >= 11 is 0. The van der Waals surface area contributed by atoms with Gasteiger partial charge in [0.2, 0.25) is 0 Å². The van der Waals surface area contributed by atoms with E-state index >= 15 is 0 Å². The molecule has 0 aromatic heterocycles. The van der Waals surface area contributed by atoms with Crippen molar-refractivity contribution in [1.29, 1.82) is 0 Å². The monoisotopic (exact) mass is 177 g/mol. The predicted octanol–water partition coefficient (Wildman–Crippen LogP) is 3.58. The van der Waals surface area contributed by atoms with Crippen molar-refractivity contribution in [3.63, 3.8) is 0 Å². The van der Waals surface area contributed by atoms with Crippen molar-refractivity contribution in [3.8, 4) is 0 Å². The van der Waals surface area contributed by atoms with Gasteiger partial charge in [-0.3, -0.25) is 4.99 Å². The maximum absolute atomic E-state index is 4.23. The first-order valence-electron chi connectivity index (χ1n) is 4.86. The zero-order chi connectivity index (χ0) is 9.90. The van der Waals surface area contributed by atoms with E-state index < -0.39 is 0 Å². The third-order valence-electron chi connectivity index (χ3n) is 2.21. The largest absolute Gasteiger partial charge is 0.268 e. The van der Waals surface area contributed by atoms with Gasteiger partial charge in [-0.25, -0.2) is 0 Å². The molecule has 0 fully saturated rings. The van der Waals surface area contributed by atoms with Crippen molar-refractivity contribution in [2.24, 2.45) is 16.3 Å². The van der Waals surface area contributed by atoms with Gasteiger partial charge in [0.15, 0.2) is 0 Å². The van der Waals surface area contributed by atoms with Crippen LogP contribution in [0.15, 0.2) is 28.9 Å². The van der Waals surface area contributed by atoms with E-state index in [4.69, 9.17) is 0 Å². The van der Waals surface area contributed by atoms with Gasteiger partial charge < -0.3 is 0 Å². The minimum atomic E-state index is 0.371. The van der Waals surface area contributed by atoms with E-state index in [2.05, 4.69) is 45.0 Å². The standard InChI is InChI=1S/C12H19N/c1-10-6-5-7-13-9-11(10)8-12(2,3)4/h5-7,9,11H,8H2,1-4H3. The van der Waals surface area contributed by atoms with E-state index in [1.165, 1.54) is 12.0 Å². The van der Waals surface area contributed by atoms with Crippen LogP contribution >= 0.6 is 0 Å². The molecule has 1 atom stereocenters. The SMILES string of the molecule is CC1=CC=CN=CC1CC(C)(C)C. The van der Waals surface area contributed by atoms with Gasteiger partial charge in [0.05, 0.1) is 0 Å². The highest BCUT2D eigenvalue weighted by Crippen LogP contribution is 2.28. The molecule has 0 radical (unpaired) electrons. The fourth-order valence-electron chi connectivity index (χ4n) is 1.51. The maximum atomic E-state index is 4.23. The number of aliphatic imine (C=N–C) groups is 1. The normalized spacial score (nSPS) is 22.8. The van der Waals surface area contributed by atoms with Crippen LogP contribution in [0.5, 0.6) is 0 Å². The van der Waals surface area contributed by atoms with Crippen LogP contribution in [0.2, 0.25) is 0 Å². The summed E-state index contributed by atoms with van der Waals surface area (Å²) in [7, 11) is 0. The molecule has 1 unspecified atom stereocenters. The molecule has 0 aromatic rings. The highest BCUT2D eigenvalue weighted by atomic mass is 14.7. The highest BCUT2D eigenvalue weighted by Gasteiger charge is 2.18. The summed E-state index contributed by atoms with van der Waals surface area (Å²) in [4.78, 5) is 4.23. The Morgan fingerprint density at radius 3 is 2.69 bits per heavy atom. The smallest absolute Gasteiger partial charge is 0.0264 e. The van der Waals surface area contributed by atoms with Crippen molar-refractivity contribution in [2.75, 3.05) is 0 Å².